The van der Waals surface area contributed by atoms with Crippen molar-refractivity contribution in [3.63, 3.8) is 0 Å². The van der Waals surface area contributed by atoms with Crippen molar-refractivity contribution in [2.24, 2.45) is 0 Å². The highest BCUT2D eigenvalue weighted by Crippen LogP contribution is 2.22. The molecule has 0 bridgehead atoms. The van der Waals surface area contributed by atoms with Gasteiger partial charge in [-0.25, -0.2) is 17.5 Å². The predicted molar refractivity (Wildman–Crippen MR) is 103 cm³/mol. The zero-order valence-electron chi connectivity index (χ0n) is 16.2. The molecule has 146 valence electrons. The Morgan fingerprint density at radius 1 is 1.04 bits per heavy atom. The summed E-state index contributed by atoms with van der Waals surface area (Å²) in [5, 5.41) is 0. The first kappa shape index (κ1) is 21.1. The van der Waals surface area contributed by atoms with E-state index in [1.165, 1.54) is 41.3 Å². The summed E-state index contributed by atoms with van der Waals surface area (Å²) in [4.78, 5) is 14.3. The summed E-state index contributed by atoms with van der Waals surface area (Å²) in [6.45, 7) is 7.12. The van der Waals surface area contributed by atoms with Gasteiger partial charge in [-0.3, -0.25) is 4.79 Å². The van der Waals surface area contributed by atoms with E-state index in [1.807, 2.05) is 6.92 Å². The summed E-state index contributed by atoms with van der Waals surface area (Å²) < 4.78 is 40.3. The highest BCUT2D eigenvalue weighted by molar-refractivity contribution is 7.89. The van der Waals surface area contributed by atoms with E-state index in [-0.39, 0.29) is 22.7 Å². The van der Waals surface area contributed by atoms with Crippen molar-refractivity contribution in [2.75, 3.05) is 7.05 Å². The standard InChI is InChI=1S/C20H25FN2O3S/c1-14(15-6-10-17(21)11-7-15)23(5)19(24)16-8-12-18(13-9-16)27(25,26)22-20(2,3)4/h6-14,22H,1-5H3. The lowest BCUT2D eigenvalue weighted by molar-refractivity contribution is 0.0742. The van der Waals surface area contributed by atoms with Crippen LogP contribution in [0.15, 0.2) is 53.4 Å². The van der Waals surface area contributed by atoms with Crippen LogP contribution in [0.5, 0.6) is 0 Å². The van der Waals surface area contributed by atoms with Gasteiger partial charge in [-0.1, -0.05) is 12.1 Å². The third kappa shape index (κ3) is 5.37. The average Bonchev–Trinajstić information content (AvgIpc) is 2.58. The number of benzene rings is 2. The predicted octanol–water partition coefficient (Wildman–Crippen LogP) is 3.74. The first-order valence-corrected chi connectivity index (χ1v) is 10.1. The number of carbonyl (C=O) groups is 1. The molecule has 0 aromatic heterocycles. The monoisotopic (exact) mass is 392 g/mol. The number of hydrogen-bond donors (Lipinski definition) is 1. The highest BCUT2D eigenvalue weighted by atomic mass is 32.2. The number of nitrogens with one attached hydrogen (secondary N) is 1. The molecule has 5 nitrogen and oxygen atoms in total. The number of sulfonamides is 1. The lowest BCUT2D eigenvalue weighted by Crippen LogP contribution is -2.40. The minimum Gasteiger partial charge on any atom is -0.335 e. The van der Waals surface area contributed by atoms with E-state index in [2.05, 4.69) is 4.72 Å². The number of halogens is 1. The van der Waals surface area contributed by atoms with Crippen LogP contribution in [0, 0.1) is 5.82 Å². The molecule has 0 saturated heterocycles. The molecule has 0 saturated carbocycles. The molecule has 2 aromatic carbocycles. The number of rotatable bonds is 5. The maximum absolute atomic E-state index is 13.1. The fourth-order valence-electron chi connectivity index (χ4n) is 2.58. The molecule has 1 atom stereocenters. The second kappa shape index (κ2) is 7.78. The molecule has 0 fully saturated rings. The van der Waals surface area contributed by atoms with Crippen LogP contribution < -0.4 is 4.72 Å². The first-order chi connectivity index (χ1) is 12.4. The van der Waals surface area contributed by atoms with Crippen molar-refractivity contribution >= 4 is 15.9 Å². The Labute approximate surface area is 160 Å². The molecular weight excluding hydrogens is 367 g/mol. The molecule has 2 rings (SSSR count). The van der Waals surface area contributed by atoms with E-state index >= 15 is 0 Å². The van der Waals surface area contributed by atoms with Gasteiger partial charge in [0.1, 0.15) is 5.82 Å². The Morgan fingerprint density at radius 3 is 2.04 bits per heavy atom. The van der Waals surface area contributed by atoms with Gasteiger partial charge < -0.3 is 4.90 Å². The lowest BCUT2D eigenvalue weighted by atomic mass is 10.1. The second-order valence-corrected chi connectivity index (χ2v) is 9.21. The van der Waals surface area contributed by atoms with Crippen molar-refractivity contribution in [3.8, 4) is 0 Å². The summed E-state index contributed by atoms with van der Waals surface area (Å²) in [6, 6.07) is 11.5. The lowest BCUT2D eigenvalue weighted by Gasteiger charge is -2.25. The highest BCUT2D eigenvalue weighted by Gasteiger charge is 2.23. The number of amides is 1. The van der Waals surface area contributed by atoms with Crippen molar-refractivity contribution in [1.82, 2.24) is 9.62 Å². The van der Waals surface area contributed by atoms with Gasteiger partial charge in [0.05, 0.1) is 10.9 Å². The van der Waals surface area contributed by atoms with Gasteiger partial charge in [0.25, 0.3) is 5.91 Å². The Bertz CT molecular complexity index is 902. The van der Waals surface area contributed by atoms with Gasteiger partial charge in [0.15, 0.2) is 0 Å². The molecule has 1 amide bonds. The van der Waals surface area contributed by atoms with Crippen LogP contribution in [0.4, 0.5) is 4.39 Å². The molecule has 0 radical (unpaired) electrons. The summed E-state index contributed by atoms with van der Waals surface area (Å²) in [5.41, 5.74) is 0.583. The first-order valence-electron chi connectivity index (χ1n) is 8.57. The molecule has 27 heavy (non-hydrogen) atoms. The fourth-order valence-corrected chi connectivity index (χ4v) is 4.00. The van der Waals surface area contributed by atoms with Crippen molar-refractivity contribution in [2.45, 2.75) is 44.2 Å². The minimum absolute atomic E-state index is 0.100. The average molecular weight is 392 g/mol. The molecular formula is C20H25FN2O3S. The van der Waals surface area contributed by atoms with Crippen LogP contribution in [-0.4, -0.2) is 31.8 Å². The number of nitrogens with zero attached hydrogens (tertiary/aromatic N) is 1. The zero-order chi connectivity index (χ0) is 20.4. The maximum atomic E-state index is 13.1. The van der Waals surface area contributed by atoms with Gasteiger partial charge in [-0.15, -0.1) is 0 Å². The van der Waals surface area contributed by atoms with Gasteiger partial charge in [0.2, 0.25) is 10.0 Å². The molecule has 0 spiro atoms. The van der Waals surface area contributed by atoms with Crippen LogP contribution in [0.2, 0.25) is 0 Å². The quantitative estimate of drug-likeness (QED) is 0.843. The third-order valence-electron chi connectivity index (χ3n) is 4.11. The molecule has 0 heterocycles. The summed E-state index contributed by atoms with van der Waals surface area (Å²) in [6.07, 6.45) is 0. The Hall–Kier alpha value is -2.25. The van der Waals surface area contributed by atoms with E-state index in [0.717, 1.165) is 5.56 Å². The summed E-state index contributed by atoms with van der Waals surface area (Å²) in [7, 11) is -2.00. The normalized spacial score (nSPS) is 13.3. The molecule has 0 aliphatic heterocycles. The largest absolute Gasteiger partial charge is 0.335 e. The number of carbonyl (C=O) groups excluding carboxylic acids is 1. The Kier molecular flexibility index (Phi) is 6.07. The van der Waals surface area contributed by atoms with Crippen LogP contribution >= 0.6 is 0 Å². The van der Waals surface area contributed by atoms with Gasteiger partial charge in [0, 0.05) is 18.2 Å². The van der Waals surface area contributed by atoms with E-state index < -0.39 is 15.6 Å². The summed E-state index contributed by atoms with van der Waals surface area (Å²) in [5.74, 6) is -0.583. The molecule has 1 N–H and O–H groups in total. The Morgan fingerprint density at radius 2 is 1.56 bits per heavy atom. The van der Waals surface area contributed by atoms with Gasteiger partial charge in [-0.05, 0) is 69.7 Å². The van der Waals surface area contributed by atoms with Crippen molar-refractivity contribution in [3.05, 3.63) is 65.5 Å². The van der Waals surface area contributed by atoms with E-state index in [4.69, 9.17) is 0 Å². The summed E-state index contributed by atoms with van der Waals surface area (Å²) >= 11 is 0. The molecule has 0 aliphatic rings. The SMILES string of the molecule is CC(c1ccc(F)cc1)N(C)C(=O)c1ccc(S(=O)(=O)NC(C)(C)C)cc1. The van der Waals surface area contributed by atoms with Crippen LogP contribution in [0.3, 0.4) is 0 Å². The molecule has 2 aromatic rings. The van der Waals surface area contributed by atoms with Gasteiger partial charge >= 0.3 is 0 Å². The van der Waals surface area contributed by atoms with Crippen molar-refractivity contribution in [1.29, 1.82) is 0 Å². The second-order valence-electron chi connectivity index (χ2n) is 7.52. The zero-order valence-corrected chi connectivity index (χ0v) is 17.0. The molecule has 0 aliphatic carbocycles. The van der Waals surface area contributed by atoms with E-state index in [9.17, 15) is 17.6 Å². The minimum atomic E-state index is -3.65. The van der Waals surface area contributed by atoms with E-state index in [0.29, 0.717) is 5.56 Å². The molecule has 7 heteroatoms. The van der Waals surface area contributed by atoms with Crippen LogP contribution in [0.25, 0.3) is 0 Å². The number of hydrogen-bond acceptors (Lipinski definition) is 3. The van der Waals surface area contributed by atoms with Gasteiger partial charge in [-0.2, -0.15) is 0 Å². The van der Waals surface area contributed by atoms with Crippen LogP contribution in [-0.2, 0) is 10.0 Å². The van der Waals surface area contributed by atoms with E-state index in [1.54, 1.807) is 40.0 Å². The smallest absolute Gasteiger partial charge is 0.254 e. The Balaban J connectivity index is 2.18. The fraction of sp³-hybridized carbons (Fsp3) is 0.350. The van der Waals surface area contributed by atoms with Crippen molar-refractivity contribution < 1.29 is 17.6 Å². The van der Waals surface area contributed by atoms with Crippen LogP contribution in [0.1, 0.15) is 49.7 Å². The molecule has 1 unspecified atom stereocenters. The third-order valence-corrected chi connectivity index (χ3v) is 5.88. The topological polar surface area (TPSA) is 66.5 Å². The maximum Gasteiger partial charge on any atom is 0.254 e.